The predicted molar refractivity (Wildman–Crippen MR) is 122 cm³/mol. The topological polar surface area (TPSA) is 0 Å². The fourth-order valence-electron chi connectivity index (χ4n) is 5.09. The van der Waals surface area contributed by atoms with E-state index in [4.69, 9.17) is 0 Å². The molecule has 0 unspecified atom stereocenters. The minimum absolute atomic E-state index is 0.755. The van der Waals surface area contributed by atoms with Gasteiger partial charge in [0.25, 0.3) is 0 Å². The molecule has 0 heteroatoms. The molecule has 0 radical (unpaired) electrons. The molecule has 0 saturated heterocycles. The van der Waals surface area contributed by atoms with Crippen molar-refractivity contribution in [1.82, 2.24) is 0 Å². The molecule has 1 aromatic rings. The number of benzene rings is 1. The molecule has 0 N–H and O–H groups in total. The molecule has 0 nitrogen and oxygen atoms in total. The van der Waals surface area contributed by atoms with Gasteiger partial charge in [-0.2, -0.15) is 0 Å². The maximum absolute atomic E-state index is 3.32. The first-order valence-corrected chi connectivity index (χ1v) is 12.0. The Morgan fingerprint density at radius 3 is 2.29 bits per heavy atom. The summed E-state index contributed by atoms with van der Waals surface area (Å²) in [6.45, 7) is 4.68. The second-order valence-corrected chi connectivity index (χ2v) is 9.48. The van der Waals surface area contributed by atoms with Crippen LogP contribution in [0.1, 0.15) is 108 Å². The highest BCUT2D eigenvalue weighted by molar-refractivity contribution is 5.39. The summed E-state index contributed by atoms with van der Waals surface area (Å²) in [5, 5.41) is 0. The average Bonchev–Trinajstić information content (AvgIpc) is 2.74. The highest BCUT2D eigenvalue weighted by atomic mass is 14.3. The molecule has 28 heavy (non-hydrogen) atoms. The van der Waals surface area contributed by atoms with Gasteiger partial charge >= 0.3 is 0 Å². The zero-order valence-corrected chi connectivity index (χ0v) is 18.3. The van der Waals surface area contributed by atoms with Gasteiger partial charge in [-0.3, -0.25) is 0 Å². The molecule has 2 aliphatic carbocycles. The van der Waals surface area contributed by atoms with Crippen LogP contribution in [0.25, 0.3) is 0 Å². The lowest BCUT2D eigenvalue weighted by molar-refractivity contribution is 0.303. The molecule has 0 spiro atoms. The van der Waals surface area contributed by atoms with E-state index in [2.05, 4.69) is 62.1 Å². The summed E-state index contributed by atoms with van der Waals surface area (Å²) in [6, 6.07) is 9.12. The monoisotopic (exact) mass is 376 g/mol. The lowest BCUT2D eigenvalue weighted by Crippen LogP contribution is -2.13. The number of rotatable bonds is 6. The molecule has 0 heterocycles. The van der Waals surface area contributed by atoms with Gasteiger partial charge in [-0.25, -0.2) is 0 Å². The highest BCUT2D eigenvalue weighted by Gasteiger charge is 2.21. The molecule has 2 saturated carbocycles. The van der Waals surface area contributed by atoms with Crippen molar-refractivity contribution >= 4 is 0 Å². The number of hydrogen-bond donors (Lipinski definition) is 0. The molecular weight excluding hydrogens is 336 g/mol. The van der Waals surface area contributed by atoms with Crippen molar-refractivity contribution in [2.75, 3.05) is 0 Å². The smallest absolute Gasteiger partial charge is 0.0249 e. The first-order valence-electron chi connectivity index (χ1n) is 12.0. The van der Waals surface area contributed by atoms with Crippen molar-refractivity contribution in [2.24, 2.45) is 17.8 Å². The molecule has 2 fully saturated rings. The van der Waals surface area contributed by atoms with Crippen molar-refractivity contribution in [3.05, 3.63) is 47.5 Å². The standard InChI is InChI=1S/C28H40/c1-3-4-5-8-25-15-19-27(20-16-25)28-21-17-26(18-22-28)10-7-6-9-24-13-11-23(2)12-14-24/h6,9,17-18,21-25,27H,3-5,8,11-16,19-20H2,1-2H3/b9-6+. The zero-order chi connectivity index (χ0) is 19.6. The van der Waals surface area contributed by atoms with E-state index < -0.39 is 0 Å². The van der Waals surface area contributed by atoms with E-state index in [0.29, 0.717) is 0 Å². The summed E-state index contributed by atoms with van der Waals surface area (Å²) in [5.74, 6) is 10.0. The first kappa shape index (κ1) is 21.2. The third kappa shape index (κ3) is 6.84. The molecule has 0 amide bonds. The second-order valence-electron chi connectivity index (χ2n) is 9.48. The maximum atomic E-state index is 3.32. The Morgan fingerprint density at radius 2 is 1.61 bits per heavy atom. The number of unbranched alkanes of at least 4 members (excludes halogenated alkanes) is 2. The predicted octanol–water partition coefficient (Wildman–Crippen LogP) is 8.27. The summed E-state index contributed by atoms with van der Waals surface area (Å²) in [6.07, 6.45) is 21.2. The minimum Gasteiger partial charge on any atom is -0.0730 e. The van der Waals surface area contributed by atoms with Gasteiger partial charge in [-0.15, -0.1) is 0 Å². The Hall–Kier alpha value is -1.48. The fraction of sp³-hybridized carbons (Fsp3) is 0.643. The van der Waals surface area contributed by atoms with Crippen LogP contribution in [0.4, 0.5) is 0 Å². The summed E-state index contributed by atoms with van der Waals surface area (Å²) in [7, 11) is 0. The van der Waals surface area contributed by atoms with Gasteiger partial charge in [0, 0.05) is 5.56 Å². The molecule has 152 valence electrons. The second kappa shape index (κ2) is 11.5. The van der Waals surface area contributed by atoms with Crippen molar-refractivity contribution in [3.63, 3.8) is 0 Å². The van der Waals surface area contributed by atoms with E-state index in [9.17, 15) is 0 Å². The van der Waals surface area contributed by atoms with Crippen LogP contribution in [0.2, 0.25) is 0 Å². The van der Waals surface area contributed by atoms with Crippen molar-refractivity contribution in [2.45, 2.75) is 96.8 Å². The zero-order valence-electron chi connectivity index (χ0n) is 18.3. The van der Waals surface area contributed by atoms with E-state index in [1.165, 1.54) is 82.6 Å². The first-order chi connectivity index (χ1) is 13.7. The van der Waals surface area contributed by atoms with Crippen LogP contribution in [-0.4, -0.2) is 0 Å². The van der Waals surface area contributed by atoms with Gasteiger partial charge in [0.05, 0.1) is 0 Å². The molecule has 1 aromatic carbocycles. The van der Waals surface area contributed by atoms with Crippen molar-refractivity contribution in [3.8, 4) is 11.8 Å². The number of hydrogen-bond acceptors (Lipinski definition) is 0. The van der Waals surface area contributed by atoms with Crippen molar-refractivity contribution in [1.29, 1.82) is 0 Å². The summed E-state index contributed by atoms with van der Waals surface area (Å²) >= 11 is 0. The summed E-state index contributed by atoms with van der Waals surface area (Å²) in [4.78, 5) is 0. The van der Waals surface area contributed by atoms with E-state index in [1.54, 1.807) is 0 Å². The Kier molecular flexibility index (Phi) is 8.72. The van der Waals surface area contributed by atoms with Gasteiger partial charge < -0.3 is 0 Å². The SMILES string of the molecule is CCCCCC1CCC(c2ccc(C#C/C=C/C3CCC(C)CC3)cc2)CC1. The third-order valence-corrected chi connectivity index (χ3v) is 7.17. The average molecular weight is 377 g/mol. The molecule has 2 aliphatic rings. The van der Waals surface area contributed by atoms with Crippen LogP contribution in [0.5, 0.6) is 0 Å². The van der Waals surface area contributed by atoms with E-state index >= 15 is 0 Å². The van der Waals surface area contributed by atoms with Crippen LogP contribution < -0.4 is 0 Å². The van der Waals surface area contributed by atoms with Gasteiger partial charge in [0.1, 0.15) is 0 Å². The van der Waals surface area contributed by atoms with Crippen LogP contribution in [0, 0.1) is 29.6 Å². The van der Waals surface area contributed by atoms with Gasteiger partial charge in [0.15, 0.2) is 0 Å². The van der Waals surface area contributed by atoms with Crippen LogP contribution in [-0.2, 0) is 0 Å². The lowest BCUT2D eigenvalue weighted by atomic mass is 9.77. The lowest BCUT2D eigenvalue weighted by Gasteiger charge is -2.29. The summed E-state index contributed by atoms with van der Waals surface area (Å²) in [5.41, 5.74) is 2.68. The molecule has 0 aromatic heterocycles. The van der Waals surface area contributed by atoms with E-state index in [0.717, 1.165) is 29.2 Å². The van der Waals surface area contributed by atoms with E-state index in [-0.39, 0.29) is 0 Å². The Balaban J connectivity index is 1.43. The Morgan fingerprint density at radius 1 is 0.893 bits per heavy atom. The van der Waals surface area contributed by atoms with Gasteiger partial charge in [-0.1, -0.05) is 82.4 Å². The highest BCUT2D eigenvalue weighted by Crippen LogP contribution is 2.37. The van der Waals surface area contributed by atoms with Crippen molar-refractivity contribution < 1.29 is 0 Å². The van der Waals surface area contributed by atoms with E-state index in [1.807, 2.05) is 0 Å². The van der Waals surface area contributed by atoms with Crippen LogP contribution >= 0.6 is 0 Å². The molecule has 0 aliphatic heterocycles. The normalized spacial score (nSPS) is 28.1. The minimum atomic E-state index is 0.755. The Labute approximate surface area is 174 Å². The third-order valence-electron chi connectivity index (χ3n) is 7.17. The van der Waals surface area contributed by atoms with Crippen LogP contribution in [0.3, 0.4) is 0 Å². The van der Waals surface area contributed by atoms with Gasteiger partial charge in [-0.05, 0) is 86.0 Å². The summed E-state index contributed by atoms with van der Waals surface area (Å²) < 4.78 is 0. The van der Waals surface area contributed by atoms with Crippen LogP contribution in [0.15, 0.2) is 36.4 Å². The van der Waals surface area contributed by atoms with Gasteiger partial charge in [0.2, 0.25) is 0 Å². The molecular formula is C28H40. The maximum Gasteiger partial charge on any atom is 0.0249 e. The Bertz CT molecular complexity index is 638. The largest absolute Gasteiger partial charge is 0.0730 e. The fourth-order valence-corrected chi connectivity index (χ4v) is 5.09. The molecule has 0 bridgehead atoms. The number of allylic oxidation sites excluding steroid dienone is 2. The quantitative estimate of drug-likeness (QED) is 0.346. The molecule has 3 rings (SSSR count). The molecule has 0 atom stereocenters.